The molecule has 0 spiro atoms. The average Bonchev–Trinajstić information content (AvgIpc) is 3.24. The Hall–Kier alpha value is -3.23. The molecular formula is C21H17F4N3O2. The first-order chi connectivity index (χ1) is 14.3. The van der Waals surface area contributed by atoms with Gasteiger partial charge >= 0.3 is 6.18 Å². The fraction of sp³-hybridized carbons (Fsp3) is 0.286. The van der Waals surface area contributed by atoms with E-state index < -0.39 is 11.7 Å². The number of nitrogens with zero attached hydrogens (tertiary/aromatic N) is 3. The number of aromatic nitrogens is 2. The highest BCUT2D eigenvalue weighted by Gasteiger charge is 2.31. The normalized spacial score (nSPS) is 15.4. The highest BCUT2D eigenvalue weighted by Crippen LogP contribution is 2.31. The van der Waals surface area contributed by atoms with Gasteiger partial charge in [0.25, 0.3) is 5.91 Å². The molecule has 4 rings (SSSR count). The summed E-state index contributed by atoms with van der Waals surface area (Å²) in [5.74, 6) is 0.0656. The summed E-state index contributed by atoms with van der Waals surface area (Å²) in [5.41, 5.74) is 0.0500. The van der Waals surface area contributed by atoms with E-state index in [2.05, 4.69) is 10.2 Å². The summed E-state index contributed by atoms with van der Waals surface area (Å²) in [6, 6.07) is 9.95. The largest absolute Gasteiger partial charge is 0.420 e. The molecule has 2 heterocycles. The van der Waals surface area contributed by atoms with Gasteiger partial charge < -0.3 is 9.32 Å². The summed E-state index contributed by atoms with van der Waals surface area (Å²) in [6.07, 6.45) is -3.24. The van der Waals surface area contributed by atoms with E-state index in [4.69, 9.17) is 4.42 Å². The Kier molecular flexibility index (Phi) is 5.27. The standard InChI is InChI=1S/C21H17F4N3O2/c22-17-7-3-13(4-8-17)18-26-27-19(30-18)14-9-11-28(12-10-14)20(29)15-1-5-16(6-2-15)21(23,24)25/h1-8,14H,9-12H2. The first kappa shape index (κ1) is 20.1. The van der Waals surface area contributed by atoms with Gasteiger partial charge in [-0.15, -0.1) is 10.2 Å². The summed E-state index contributed by atoms with van der Waals surface area (Å²) >= 11 is 0. The Morgan fingerprint density at radius 2 is 1.60 bits per heavy atom. The minimum Gasteiger partial charge on any atom is -0.420 e. The third-order valence-electron chi connectivity index (χ3n) is 5.12. The number of hydrogen-bond acceptors (Lipinski definition) is 4. The molecule has 1 saturated heterocycles. The third kappa shape index (κ3) is 4.19. The minimum atomic E-state index is -4.43. The summed E-state index contributed by atoms with van der Waals surface area (Å²) in [5, 5.41) is 8.09. The van der Waals surface area contributed by atoms with Crippen LogP contribution >= 0.6 is 0 Å². The van der Waals surface area contributed by atoms with Gasteiger partial charge in [0, 0.05) is 30.1 Å². The Morgan fingerprint density at radius 3 is 2.20 bits per heavy atom. The van der Waals surface area contributed by atoms with Crippen LogP contribution < -0.4 is 0 Å². The predicted molar refractivity (Wildman–Crippen MR) is 99.0 cm³/mol. The Bertz CT molecular complexity index is 1020. The van der Waals surface area contributed by atoms with Crippen molar-refractivity contribution >= 4 is 5.91 Å². The molecule has 0 aliphatic carbocycles. The quantitative estimate of drug-likeness (QED) is 0.566. The number of alkyl halides is 3. The number of hydrogen-bond donors (Lipinski definition) is 0. The molecule has 2 aromatic carbocycles. The molecule has 156 valence electrons. The van der Waals surface area contributed by atoms with E-state index in [1.807, 2.05) is 0 Å². The van der Waals surface area contributed by atoms with Crippen molar-refractivity contribution in [3.63, 3.8) is 0 Å². The maximum Gasteiger partial charge on any atom is 0.416 e. The van der Waals surface area contributed by atoms with Crippen molar-refractivity contribution in [2.45, 2.75) is 24.9 Å². The topological polar surface area (TPSA) is 59.2 Å². The van der Waals surface area contributed by atoms with Crippen LogP contribution in [-0.4, -0.2) is 34.1 Å². The highest BCUT2D eigenvalue weighted by atomic mass is 19.4. The third-order valence-corrected chi connectivity index (χ3v) is 5.12. The van der Waals surface area contributed by atoms with Crippen LogP contribution in [0.5, 0.6) is 0 Å². The number of likely N-dealkylation sites (tertiary alicyclic amines) is 1. The second kappa shape index (κ2) is 7.89. The second-order valence-corrected chi connectivity index (χ2v) is 7.09. The molecule has 1 aliphatic heterocycles. The summed E-state index contributed by atoms with van der Waals surface area (Å²) < 4.78 is 56.8. The van der Waals surface area contributed by atoms with Crippen LogP contribution in [0.1, 0.15) is 40.6 Å². The smallest absolute Gasteiger partial charge is 0.416 e. The highest BCUT2D eigenvalue weighted by molar-refractivity contribution is 5.94. The monoisotopic (exact) mass is 419 g/mol. The lowest BCUT2D eigenvalue weighted by molar-refractivity contribution is -0.137. The Labute approximate surface area is 169 Å². The van der Waals surface area contributed by atoms with Crippen molar-refractivity contribution < 1.29 is 26.8 Å². The van der Waals surface area contributed by atoms with Crippen molar-refractivity contribution in [2.24, 2.45) is 0 Å². The van der Waals surface area contributed by atoms with E-state index in [-0.39, 0.29) is 23.2 Å². The van der Waals surface area contributed by atoms with Gasteiger partial charge in [-0.2, -0.15) is 13.2 Å². The van der Waals surface area contributed by atoms with Crippen LogP contribution in [0.15, 0.2) is 52.9 Å². The van der Waals surface area contributed by atoms with E-state index in [9.17, 15) is 22.4 Å². The van der Waals surface area contributed by atoms with Gasteiger partial charge in [0.1, 0.15) is 5.82 Å². The lowest BCUT2D eigenvalue weighted by Crippen LogP contribution is -2.38. The molecule has 0 N–H and O–H groups in total. The SMILES string of the molecule is O=C(c1ccc(C(F)(F)F)cc1)N1CCC(c2nnc(-c3ccc(F)cc3)o2)CC1. The number of halogens is 4. The van der Waals surface area contributed by atoms with Gasteiger partial charge in [-0.25, -0.2) is 4.39 Å². The van der Waals surface area contributed by atoms with Crippen LogP contribution in [0.3, 0.4) is 0 Å². The molecule has 0 radical (unpaired) electrons. The predicted octanol–water partition coefficient (Wildman–Crippen LogP) is 4.91. The molecule has 0 bridgehead atoms. The lowest BCUT2D eigenvalue weighted by atomic mass is 9.96. The van der Waals surface area contributed by atoms with Gasteiger partial charge in [0.2, 0.25) is 11.8 Å². The lowest BCUT2D eigenvalue weighted by Gasteiger charge is -2.30. The molecule has 1 aliphatic rings. The van der Waals surface area contributed by atoms with Crippen LogP contribution in [-0.2, 0) is 6.18 Å². The first-order valence-electron chi connectivity index (χ1n) is 9.37. The molecular weight excluding hydrogens is 402 g/mol. The zero-order valence-corrected chi connectivity index (χ0v) is 15.7. The average molecular weight is 419 g/mol. The maximum absolute atomic E-state index is 13.0. The van der Waals surface area contributed by atoms with Gasteiger partial charge in [-0.05, 0) is 61.4 Å². The van der Waals surface area contributed by atoms with Gasteiger partial charge in [-0.3, -0.25) is 4.79 Å². The number of benzene rings is 2. The summed E-state index contributed by atoms with van der Waals surface area (Å²) in [7, 11) is 0. The number of rotatable bonds is 3. The molecule has 1 amide bonds. The zero-order chi connectivity index (χ0) is 21.3. The molecule has 30 heavy (non-hydrogen) atoms. The van der Waals surface area contributed by atoms with Crippen LogP contribution in [0.25, 0.3) is 11.5 Å². The van der Waals surface area contributed by atoms with Crippen molar-refractivity contribution in [3.05, 3.63) is 71.4 Å². The van der Waals surface area contributed by atoms with Crippen molar-refractivity contribution in [1.29, 1.82) is 0 Å². The molecule has 1 aromatic heterocycles. The van der Waals surface area contributed by atoms with Gasteiger partial charge in [0.05, 0.1) is 5.56 Å². The van der Waals surface area contributed by atoms with E-state index >= 15 is 0 Å². The number of carbonyl (C=O) groups excluding carboxylic acids is 1. The Morgan fingerprint density at radius 1 is 0.967 bits per heavy atom. The maximum atomic E-state index is 13.0. The fourth-order valence-electron chi connectivity index (χ4n) is 3.42. The second-order valence-electron chi connectivity index (χ2n) is 7.09. The van der Waals surface area contributed by atoms with E-state index in [0.717, 1.165) is 12.1 Å². The first-order valence-corrected chi connectivity index (χ1v) is 9.37. The molecule has 1 fully saturated rings. The van der Waals surface area contributed by atoms with Crippen LogP contribution in [0, 0.1) is 5.82 Å². The summed E-state index contributed by atoms with van der Waals surface area (Å²) in [4.78, 5) is 14.2. The van der Waals surface area contributed by atoms with Crippen LogP contribution in [0.4, 0.5) is 17.6 Å². The summed E-state index contributed by atoms with van der Waals surface area (Å²) in [6.45, 7) is 0.859. The number of carbonyl (C=O) groups is 1. The van der Waals surface area contributed by atoms with Crippen molar-refractivity contribution in [3.8, 4) is 11.5 Å². The van der Waals surface area contributed by atoms with E-state index in [1.54, 1.807) is 17.0 Å². The van der Waals surface area contributed by atoms with Gasteiger partial charge in [0.15, 0.2) is 0 Å². The van der Waals surface area contributed by atoms with Crippen molar-refractivity contribution in [2.75, 3.05) is 13.1 Å². The molecule has 0 saturated carbocycles. The molecule has 9 heteroatoms. The van der Waals surface area contributed by atoms with Crippen LogP contribution in [0.2, 0.25) is 0 Å². The molecule has 3 aromatic rings. The zero-order valence-electron chi connectivity index (χ0n) is 15.7. The Balaban J connectivity index is 1.38. The minimum absolute atomic E-state index is 0.0247. The fourth-order valence-corrected chi connectivity index (χ4v) is 3.42. The number of amides is 1. The molecule has 5 nitrogen and oxygen atoms in total. The molecule has 0 atom stereocenters. The van der Waals surface area contributed by atoms with Gasteiger partial charge in [-0.1, -0.05) is 0 Å². The molecule has 0 unspecified atom stereocenters. The number of piperidine rings is 1. The van der Waals surface area contributed by atoms with E-state index in [0.29, 0.717) is 43.3 Å². The van der Waals surface area contributed by atoms with E-state index in [1.165, 1.54) is 24.3 Å². The van der Waals surface area contributed by atoms with Crippen molar-refractivity contribution in [1.82, 2.24) is 15.1 Å².